The Balaban J connectivity index is 1.51. The highest BCUT2D eigenvalue weighted by Gasteiger charge is 2.40. The molecule has 0 bridgehead atoms. The van der Waals surface area contributed by atoms with Crippen LogP contribution in [0.5, 0.6) is 0 Å². The summed E-state index contributed by atoms with van der Waals surface area (Å²) in [6, 6.07) is 0.773. The third-order valence-electron chi connectivity index (χ3n) is 6.79. The molecule has 0 saturated carbocycles. The third-order valence-corrected chi connectivity index (χ3v) is 6.79. The van der Waals surface area contributed by atoms with Crippen LogP contribution < -0.4 is 5.32 Å². The Bertz CT molecular complexity index is 1050. The van der Waals surface area contributed by atoms with Crippen LogP contribution >= 0.6 is 0 Å². The van der Waals surface area contributed by atoms with Crippen molar-refractivity contribution in [1.29, 1.82) is 0 Å². The normalized spacial score (nSPS) is 23.2. The molecule has 4 N–H and O–H groups in total. The Morgan fingerprint density at radius 2 is 2.11 bits per heavy atom. The van der Waals surface area contributed by atoms with Crippen molar-refractivity contribution in [2.24, 2.45) is 5.92 Å². The van der Waals surface area contributed by atoms with E-state index < -0.39 is 36.5 Å². The number of aromatic nitrogens is 2. The van der Waals surface area contributed by atoms with Gasteiger partial charge in [-0.15, -0.1) is 0 Å². The van der Waals surface area contributed by atoms with Gasteiger partial charge in [-0.25, -0.2) is 14.8 Å². The summed E-state index contributed by atoms with van der Waals surface area (Å²) in [5.74, 6) is 0.238. The van der Waals surface area contributed by atoms with Crippen molar-refractivity contribution in [2.45, 2.75) is 63.8 Å². The van der Waals surface area contributed by atoms with Crippen molar-refractivity contribution in [1.82, 2.24) is 25.1 Å². The minimum Gasteiger partial charge on any atom is -0.472 e. The topological polar surface area (TPSA) is 135 Å². The zero-order valence-electron chi connectivity index (χ0n) is 19.8. The smallest absolute Gasteiger partial charge is 0.433 e. The van der Waals surface area contributed by atoms with Gasteiger partial charge in [0.2, 0.25) is 0 Å². The molecule has 10 nitrogen and oxygen atoms in total. The number of nitrogens with zero attached hydrogens (tertiary/aromatic N) is 4. The fourth-order valence-electron chi connectivity index (χ4n) is 4.88. The van der Waals surface area contributed by atoms with Crippen LogP contribution in [-0.2, 0) is 19.1 Å². The molecule has 36 heavy (non-hydrogen) atoms. The van der Waals surface area contributed by atoms with Gasteiger partial charge in [0.1, 0.15) is 18.7 Å². The first-order valence-electron chi connectivity index (χ1n) is 11.8. The maximum absolute atomic E-state index is 13.8. The minimum absolute atomic E-state index is 0.00773. The number of piperidine rings is 1. The summed E-state index contributed by atoms with van der Waals surface area (Å²) in [6.45, 7) is 2.90. The van der Waals surface area contributed by atoms with Gasteiger partial charge in [-0.2, -0.15) is 13.2 Å². The molecule has 0 spiro atoms. The number of nitrogens with one attached hydrogen (secondary N) is 1. The Kier molecular flexibility index (Phi) is 7.83. The third kappa shape index (κ3) is 6.14. The molecule has 0 aromatic carbocycles. The fraction of sp³-hybridized carbons (Fsp3) is 0.609. The van der Waals surface area contributed by atoms with E-state index in [0.29, 0.717) is 24.4 Å². The van der Waals surface area contributed by atoms with Gasteiger partial charge in [0.05, 0.1) is 17.5 Å². The van der Waals surface area contributed by atoms with Gasteiger partial charge in [-0.3, -0.25) is 9.80 Å². The molecule has 1 amide bonds. The predicted molar refractivity (Wildman–Crippen MR) is 120 cm³/mol. The Morgan fingerprint density at radius 1 is 1.33 bits per heavy atom. The van der Waals surface area contributed by atoms with E-state index in [1.165, 1.54) is 18.6 Å². The Hall–Kier alpha value is -2.74. The number of likely N-dealkylation sites (tertiary alicyclic amines) is 1. The van der Waals surface area contributed by atoms with E-state index >= 15 is 0 Å². The molecule has 13 heteroatoms. The lowest BCUT2D eigenvalue weighted by molar-refractivity contribution is -0.142. The van der Waals surface area contributed by atoms with Crippen LogP contribution in [0.1, 0.15) is 43.1 Å². The number of furan rings is 1. The summed E-state index contributed by atoms with van der Waals surface area (Å²) >= 11 is 0. The zero-order valence-corrected chi connectivity index (χ0v) is 19.8. The summed E-state index contributed by atoms with van der Waals surface area (Å²) in [7, 11) is 0. The predicted octanol–water partition coefficient (Wildman–Crippen LogP) is 2.51. The summed E-state index contributed by atoms with van der Waals surface area (Å²) in [4.78, 5) is 22.8. The Labute approximate surface area is 205 Å². The van der Waals surface area contributed by atoms with Crippen LogP contribution in [0.4, 0.5) is 18.0 Å². The summed E-state index contributed by atoms with van der Waals surface area (Å²) in [5.41, 5.74) is -0.552. The lowest BCUT2D eigenvalue weighted by Crippen LogP contribution is -2.52. The second-order valence-electron chi connectivity index (χ2n) is 9.52. The van der Waals surface area contributed by atoms with Gasteiger partial charge < -0.3 is 25.1 Å². The van der Waals surface area contributed by atoms with Gasteiger partial charge in [0.25, 0.3) is 0 Å². The number of carboxylic acid groups (broad SMARTS) is 1. The highest BCUT2D eigenvalue weighted by Crippen LogP contribution is 2.35. The van der Waals surface area contributed by atoms with Gasteiger partial charge in [0.15, 0.2) is 11.5 Å². The molecule has 4 atom stereocenters. The number of carbonyl (C=O) groups is 1. The van der Waals surface area contributed by atoms with Crippen molar-refractivity contribution in [2.75, 3.05) is 19.6 Å². The number of hydrogen-bond acceptors (Lipinski definition) is 8. The first kappa shape index (κ1) is 26.3. The van der Waals surface area contributed by atoms with Gasteiger partial charge >= 0.3 is 12.3 Å². The largest absolute Gasteiger partial charge is 0.472 e. The first-order valence-corrected chi connectivity index (χ1v) is 11.8. The maximum atomic E-state index is 13.8. The van der Waals surface area contributed by atoms with E-state index in [2.05, 4.69) is 15.3 Å². The monoisotopic (exact) mass is 513 g/mol. The number of hydrogen-bond donors (Lipinski definition) is 4. The molecule has 2 aromatic rings. The van der Waals surface area contributed by atoms with E-state index in [1.54, 1.807) is 9.80 Å². The number of aliphatic hydroxyl groups is 2. The molecule has 4 rings (SSSR count). The molecule has 2 aliphatic rings. The number of rotatable bonds is 7. The number of alkyl halides is 3. The van der Waals surface area contributed by atoms with Crippen molar-refractivity contribution >= 4 is 6.09 Å². The van der Waals surface area contributed by atoms with Gasteiger partial charge in [0, 0.05) is 44.2 Å². The van der Waals surface area contributed by atoms with Gasteiger partial charge in [-0.1, -0.05) is 6.92 Å². The second kappa shape index (κ2) is 10.7. The SMILES string of the molecule is CC1CCN(C[C@H](CC(O)N2CCc3c(nc(-c4ccoc4)nc3C(F)(F)F)C2)NC(=O)O)C(O)C1. The lowest BCUT2D eigenvalue weighted by Gasteiger charge is -2.39. The molecule has 3 unspecified atom stereocenters. The molecule has 198 valence electrons. The molecular weight excluding hydrogens is 483 g/mol. The second-order valence-corrected chi connectivity index (χ2v) is 9.52. The molecular formula is C23H30F3N5O5. The highest BCUT2D eigenvalue weighted by atomic mass is 19.4. The number of halogens is 3. The van der Waals surface area contributed by atoms with E-state index in [0.717, 1.165) is 6.42 Å². The molecule has 1 fully saturated rings. The summed E-state index contributed by atoms with van der Waals surface area (Å²) < 4.78 is 46.2. The van der Waals surface area contributed by atoms with Crippen molar-refractivity contribution < 1.29 is 37.7 Å². The van der Waals surface area contributed by atoms with Crippen LogP contribution in [0.3, 0.4) is 0 Å². The van der Waals surface area contributed by atoms with Crippen molar-refractivity contribution in [3.63, 3.8) is 0 Å². The summed E-state index contributed by atoms with van der Waals surface area (Å²) in [5, 5.41) is 33.0. The van der Waals surface area contributed by atoms with Crippen LogP contribution in [0.15, 0.2) is 23.0 Å². The van der Waals surface area contributed by atoms with Crippen LogP contribution in [0.2, 0.25) is 0 Å². The van der Waals surface area contributed by atoms with E-state index in [4.69, 9.17) is 4.42 Å². The van der Waals surface area contributed by atoms with E-state index in [-0.39, 0.29) is 49.6 Å². The average molecular weight is 514 g/mol. The van der Waals surface area contributed by atoms with Crippen LogP contribution in [0.25, 0.3) is 11.4 Å². The average Bonchev–Trinajstić information content (AvgIpc) is 3.33. The molecule has 4 heterocycles. The minimum atomic E-state index is -4.67. The number of aliphatic hydroxyl groups excluding tert-OH is 2. The van der Waals surface area contributed by atoms with Crippen molar-refractivity contribution in [3.8, 4) is 11.4 Å². The lowest BCUT2D eigenvalue weighted by atomic mass is 9.96. The molecule has 1 saturated heterocycles. The van der Waals surface area contributed by atoms with Gasteiger partial charge in [-0.05, 0) is 31.2 Å². The zero-order chi connectivity index (χ0) is 26.0. The standard InChI is InChI=1S/C23H30F3N5O5/c1-13-2-5-30(18(32)8-13)10-15(27-22(34)35)9-19(33)31-6-3-16-17(11-31)28-21(14-4-7-36-12-14)29-20(16)23(24,25)26/h4,7,12-13,15,18-19,27,32-33H,2-3,5-6,8-11H2,1H3,(H,34,35)/t13?,15-,18?,19?/m0/s1. The number of fused-ring (bicyclic) bond motifs is 1. The quantitative estimate of drug-likeness (QED) is 0.440. The van der Waals surface area contributed by atoms with E-state index in [1.807, 2.05) is 6.92 Å². The van der Waals surface area contributed by atoms with Crippen LogP contribution in [0, 0.1) is 5.92 Å². The Morgan fingerprint density at radius 3 is 2.75 bits per heavy atom. The molecule has 2 aliphatic heterocycles. The maximum Gasteiger partial charge on any atom is 0.433 e. The molecule has 2 aromatic heterocycles. The first-order chi connectivity index (χ1) is 17.0. The molecule has 0 aliphatic carbocycles. The van der Waals surface area contributed by atoms with E-state index in [9.17, 15) is 33.3 Å². The fourth-order valence-corrected chi connectivity index (χ4v) is 4.88. The van der Waals surface area contributed by atoms with Crippen molar-refractivity contribution in [3.05, 3.63) is 35.5 Å². The van der Waals surface area contributed by atoms with Crippen LogP contribution in [-0.4, -0.2) is 79.3 Å². The summed E-state index contributed by atoms with van der Waals surface area (Å²) in [6.07, 6.45) is -3.79. The highest BCUT2D eigenvalue weighted by molar-refractivity contribution is 5.64. The molecule has 0 radical (unpaired) electrons. The number of amides is 1.